The zero-order valence-corrected chi connectivity index (χ0v) is 14.2. The van der Waals surface area contributed by atoms with Crippen LogP contribution in [0.3, 0.4) is 0 Å². The summed E-state index contributed by atoms with van der Waals surface area (Å²) in [5.41, 5.74) is 2.12. The fraction of sp³-hybridized carbons (Fsp3) is 0.333. The van der Waals surface area contributed by atoms with Gasteiger partial charge in [0, 0.05) is 17.5 Å². The molecule has 0 spiro atoms. The topological polar surface area (TPSA) is 117 Å². The molecule has 3 N–H and O–H groups in total. The van der Waals surface area contributed by atoms with Crippen molar-refractivity contribution in [2.45, 2.75) is 37.8 Å². The van der Waals surface area contributed by atoms with Crippen molar-refractivity contribution in [1.29, 1.82) is 0 Å². The number of nitrogens with zero attached hydrogens (tertiary/aromatic N) is 3. The molecule has 4 rings (SSSR count). The molecule has 1 amide bonds. The average Bonchev–Trinajstić information content (AvgIpc) is 3.28. The Labute approximate surface area is 149 Å². The van der Waals surface area contributed by atoms with Gasteiger partial charge in [-0.2, -0.15) is 5.10 Å². The first-order chi connectivity index (χ1) is 12.6. The Bertz CT molecular complexity index is 896. The van der Waals surface area contributed by atoms with Crippen molar-refractivity contribution in [2.24, 2.45) is 0 Å². The summed E-state index contributed by atoms with van der Waals surface area (Å²) >= 11 is 0. The second kappa shape index (κ2) is 6.72. The van der Waals surface area contributed by atoms with E-state index in [-0.39, 0.29) is 23.8 Å². The number of aliphatic hydroxyl groups is 1. The molecular formula is C18H19N5O3. The fourth-order valence-electron chi connectivity index (χ4n) is 2.98. The van der Waals surface area contributed by atoms with Crippen molar-refractivity contribution < 1.29 is 14.3 Å². The van der Waals surface area contributed by atoms with Crippen LogP contribution in [0.15, 0.2) is 40.8 Å². The van der Waals surface area contributed by atoms with Crippen LogP contribution in [0.4, 0.5) is 0 Å². The van der Waals surface area contributed by atoms with Crippen molar-refractivity contribution in [3.05, 3.63) is 53.9 Å². The van der Waals surface area contributed by atoms with Crippen LogP contribution in [0.2, 0.25) is 0 Å². The highest BCUT2D eigenvalue weighted by molar-refractivity contribution is 5.93. The van der Waals surface area contributed by atoms with Gasteiger partial charge in [-0.1, -0.05) is 30.3 Å². The molecule has 0 aliphatic heterocycles. The largest absolute Gasteiger partial charge is 0.422 e. The van der Waals surface area contributed by atoms with Gasteiger partial charge in [-0.3, -0.25) is 9.89 Å². The maximum Gasteiger partial charge on any atom is 0.269 e. The molecule has 134 valence electrons. The van der Waals surface area contributed by atoms with Crippen molar-refractivity contribution in [1.82, 2.24) is 25.7 Å². The molecule has 1 aliphatic carbocycles. The van der Waals surface area contributed by atoms with Gasteiger partial charge in [0.05, 0.1) is 5.69 Å². The van der Waals surface area contributed by atoms with Crippen LogP contribution in [0.1, 0.15) is 54.1 Å². The number of carbonyl (C=O) groups excluding carboxylic acids is 1. The highest BCUT2D eigenvalue weighted by Crippen LogP contribution is 2.36. The first kappa shape index (κ1) is 16.5. The zero-order valence-electron chi connectivity index (χ0n) is 14.2. The van der Waals surface area contributed by atoms with Gasteiger partial charge in [-0.15, -0.1) is 10.2 Å². The van der Waals surface area contributed by atoms with Gasteiger partial charge < -0.3 is 14.8 Å². The van der Waals surface area contributed by atoms with Crippen LogP contribution in [-0.4, -0.2) is 37.5 Å². The van der Waals surface area contributed by atoms with Crippen molar-refractivity contribution in [3.63, 3.8) is 0 Å². The normalized spacial score (nSPS) is 20.4. The molecule has 1 fully saturated rings. The van der Waals surface area contributed by atoms with E-state index in [9.17, 15) is 9.90 Å². The van der Waals surface area contributed by atoms with Gasteiger partial charge in [0.15, 0.2) is 0 Å². The highest BCUT2D eigenvalue weighted by atomic mass is 16.4. The zero-order chi connectivity index (χ0) is 18.1. The number of nitrogens with one attached hydrogen (secondary N) is 2. The molecule has 8 heteroatoms. The highest BCUT2D eigenvalue weighted by Gasteiger charge is 2.35. The van der Waals surface area contributed by atoms with Gasteiger partial charge in [0.2, 0.25) is 11.8 Å². The minimum absolute atomic E-state index is 0.0536. The molecule has 2 heterocycles. The van der Waals surface area contributed by atoms with Crippen LogP contribution in [0.5, 0.6) is 0 Å². The van der Waals surface area contributed by atoms with Crippen LogP contribution in [0, 0.1) is 0 Å². The Morgan fingerprint density at radius 2 is 2.08 bits per heavy atom. The van der Waals surface area contributed by atoms with Crippen LogP contribution in [0.25, 0.3) is 11.3 Å². The lowest BCUT2D eigenvalue weighted by atomic mass is 9.80. The monoisotopic (exact) mass is 353 g/mol. The minimum Gasteiger partial charge on any atom is -0.422 e. The van der Waals surface area contributed by atoms with Gasteiger partial charge in [-0.05, 0) is 25.8 Å². The molecular weight excluding hydrogens is 334 g/mol. The third kappa shape index (κ3) is 3.23. The summed E-state index contributed by atoms with van der Waals surface area (Å²) in [7, 11) is 0. The second-order valence-corrected chi connectivity index (χ2v) is 6.53. The van der Waals surface area contributed by atoms with Crippen molar-refractivity contribution in [3.8, 4) is 11.3 Å². The van der Waals surface area contributed by atoms with E-state index >= 15 is 0 Å². The van der Waals surface area contributed by atoms with Gasteiger partial charge in [-0.25, -0.2) is 0 Å². The van der Waals surface area contributed by atoms with E-state index in [4.69, 9.17) is 4.42 Å². The first-order valence-corrected chi connectivity index (χ1v) is 8.53. The summed E-state index contributed by atoms with van der Waals surface area (Å²) in [6, 6.07) is 11.5. The predicted molar refractivity (Wildman–Crippen MR) is 92.2 cm³/mol. The number of benzene rings is 1. The van der Waals surface area contributed by atoms with Crippen LogP contribution >= 0.6 is 0 Å². The van der Waals surface area contributed by atoms with Gasteiger partial charge >= 0.3 is 0 Å². The van der Waals surface area contributed by atoms with Gasteiger partial charge in [0.25, 0.3) is 5.91 Å². The molecule has 8 nitrogen and oxygen atoms in total. The number of aromatic amines is 1. The van der Waals surface area contributed by atoms with E-state index in [1.807, 2.05) is 30.3 Å². The number of amides is 1. The molecule has 0 saturated heterocycles. The number of rotatable bonds is 5. The lowest BCUT2D eigenvalue weighted by molar-refractivity contribution is 0.0896. The Hall–Kier alpha value is -3.00. The Morgan fingerprint density at radius 3 is 2.77 bits per heavy atom. The third-order valence-electron chi connectivity index (χ3n) is 4.53. The summed E-state index contributed by atoms with van der Waals surface area (Å²) in [4.78, 5) is 12.4. The summed E-state index contributed by atoms with van der Waals surface area (Å²) in [6.07, 6.45) is 0.686. The summed E-state index contributed by atoms with van der Waals surface area (Å²) < 4.78 is 5.44. The fourth-order valence-corrected chi connectivity index (χ4v) is 2.98. The molecule has 1 aromatic carbocycles. The second-order valence-electron chi connectivity index (χ2n) is 6.53. The number of H-pyrrole nitrogens is 1. The SMILES string of the molecule is C[C@@H](O)c1nnc(C2CC(NC(=O)c3cc(-c4ccccc4)n[nH]3)C2)o1. The van der Waals surface area contributed by atoms with E-state index < -0.39 is 6.10 Å². The molecule has 0 radical (unpaired) electrons. The Morgan fingerprint density at radius 1 is 1.31 bits per heavy atom. The first-order valence-electron chi connectivity index (χ1n) is 8.53. The number of aliphatic hydroxyl groups excluding tert-OH is 1. The van der Waals surface area contributed by atoms with E-state index in [0.29, 0.717) is 11.6 Å². The van der Waals surface area contributed by atoms with E-state index in [1.54, 1.807) is 13.0 Å². The molecule has 0 bridgehead atoms. The number of carbonyl (C=O) groups is 1. The van der Waals surface area contributed by atoms with Crippen molar-refractivity contribution >= 4 is 5.91 Å². The van der Waals surface area contributed by atoms with Gasteiger partial charge in [0.1, 0.15) is 11.8 Å². The predicted octanol–water partition coefficient (Wildman–Crippen LogP) is 2.19. The van der Waals surface area contributed by atoms with Crippen LogP contribution < -0.4 is 5.32 Å². The molecule has 1 saturated carbocycles. The van der Waals surface area contributed by atoms with E-state index in [2.05, 4.69) is 25.7 Å². The smallest absolute Gasteiger partial charge is 0.269 e. The quantitative estimate of drug-likeness (QED) is 0.647. The standard InChI is InChI=1S/C18H19N5O3/c1-10(24)17-22-23-18(26-17)12-7-13(8-12)19-16(25)15-9-14(20-21-15)11-5-3-2-4-6-11/h2-6,9-10,12-13,24H,7-8H2,1H3,(H,19,25)(H,20,21)/t10-,12?,13?/m1/s1. The Balaban J connectivity index is 1.33. The minimum atomic E-state index is -0.772. The number of hydrogen-bond donors (Lipinski definition) is 3. The maximum absolute atomic E-state index is 12.4. The number of aromatic nitrogens is 4. The molecule has 2 aromatic heterocycles. The molecule has 1 aliphatic rings. The molecule has 1 atom stereocenters. The molecule has 0 unspecified atom stereocenters. The summed E-state index contributed by atoms with van der Waals surface area (Å²) in [5, 5.41) is 27.2. The van der Waals surface area contributed by atoms with E-state index in [1.165, 1.54) is 0 Å². The van der Waals surface area contributed by atoms with Crippen LogP contribution in [-0.2, 0) is 0 Å². The lowest BCUT2D eigenvalue weighted by Gasteiger charge is -2.33. The molecule has 3 aromatic rings. The van der Waals surface area contributed by atoms with Crippen molar-refractivity contribution in [2.75, 3.05) is 0 Å². The maximum atomic E-state index is 12.4. The Kier molecular flexibility index (Phi) is 4.26. The molecule has 26 heavy (non-hydrogen) atoms. The average molecular weight is 353 g/mol. The summed E-state index contributed by atoms with van der Waals surface area (Å²) in [5.74, 6) is 0.665. The third-order valence-corrected chi connectivity index (χ3v) is 4.53. The van der Waals surface area contributed by atoms with E-state index in [0.717, 1.165) is 24.1 Å². The summed E-state index contributed by atoms with van der Waals surface area (Å²) in [6.45, 7) is 1.58. The number of hydrogen-bond acceptors (Lipinski definition) is 6. The lowest BCUT2D eigenvalue weighted by Crippen LogP contribution is -2.43.